The highest BCUT2D eigenvalue weighted by molar-refractivity contribution is 5.50. The van der Waals surface area contributed by atoms with E-state index in [1.165, 1.54) is 33.6 Å². The van der Waals surface area contributed by atoms with Crippen molar-refractivity contribution in [1.82, 2.24) is 4.57 Å². The molecule has 1 aromatic heterocycles. The van der Waals surface area contributed by atoms with Crippen LogP contribution in [0.2, 0.25) is 0 Å². The first-order valence-corrected chi connectivity index (χ1v) is 7.99. The average molecular weight is 306 g/mol. The minimum absolute atomic E-state index is 0.855. The van der Waals surface area contributed by atoms with E-state index in [0.717, 1.165) is 6.54 Å². The van der Waals surface area contributed by atoms with Crippen LogP contribution < -0.4 is 9.88 Å². The first-order chi connectivity index (χ1) is 11.1. The molecule has 0 fully saturated rings. The summed E-state index contributed by atoms with van der Waals surface area (Å²) in [7, 11) is 1.97. The Morgan fingerprint density at radius 1 is 1.04 bits per heavy atom. The molecule has 23 heavy (non-hydrogen) atoms. The van der Waals surface area contributed by atoms with E-state index in [1.54, 1.807) is 0 Å². The van der Waals surface area contributed by atoms with Gasteiger partial charge in [-0.05, 0) is 38.0 Å². The summed E-state index contributed by atoms with van der Waals surface area (Å²) in [6, 6.07) is 12.9. The van der Waals surface area contributed by atoms with Gasteiger partial charge in [-0.1, -0.05) is 35.9 Å². The van der Waals surface area contributed by atoms with Crippen LogP contribution in [0.1, 0.15) is 22.3 Å². The Balaban J connectivity index is 1.92. The molecule has 0 aliphatic heterocycles. The normalized spacial score (nSPS) is 10.8. The van der Waals surface area contributed by atoms with Gasteiger partial charge >= 0.3 is 0 Å². The fourth-order valence-corrected chi connectivity index (χ4v) is 3.30. The number of nitrogens with zero attached hydrogens (tertiary/aromatic N) is 2. The standard InChI is InChI=1S/C20H24N3/c1-15-11-16(2)20(17(3)12-15)23-10-9-22(14-23)13-18-7-5-6-8-19(18)21-4/h5-12,14,21H,13H2,1-4H3/q+1. The molecule has 0 atom stereocenters. The summed E-state index contributed by atoms with van der Waals surface area (Å²) in [5.41, 5.74) is 7.66. The van der Waals surface area contributed by atoms with E-state index in [9.17, 15) is 0 Å². The Bertz CT molecular complexity index is 807. The molecule has 2 aromatic carbocycles. The summed E-state index contributed by atoms with van der Waals surface area (Å²) < 4.78 is 4.43. The predicted octanol–water partition coefficient (Wildman–Crippen LogP) is 3.78. The van der Waals surface area contributed by atoms with Gasteiger partial charge in [0, 0.05) is 18.3 Å². The number of para-hydroxylation sites is 1. The maximum absolute atomic E-state index is 3.26. The lowest BCUT2D eigenvalue weighted by atomic mass is 10.1. The third-order valence-corrected chi connectivity index (χ3v) is 4.22. The van der Waals surface area contributed by atoms with Crippen LogP contribution in [0.25, 0.3) is 5.69 Å². The van der Waals surface area contributed by atoms with Crippen molar-refractivity contribution in [3.05, 3.63) is 77.4 Å². The number of hydrogen-bond donors (Lipinski definition) is 1. The number of imidazole rings is 1. The van der Waals surface area contributed by atoms with Gasteiger partial charge in [0.1, 0.15) is 24.6 Å². The van der Waals surface area contributed by atoms with E-state index in [4.69, 9.17) is 0 Å². The van der Waals surface area contributed by atoms with E-state index >= 15 is 0 Å². The number of anilines is 1. The molecule has 0 aliphatic carbocycles. The lowest BCUT2D eigenvalue weighted by molar-refractivity contribution is -0.687. The summed E-state index contributed by atoms with van der Waals surface area (Å²) in [6.07, 6.45) is 6.43. The fourth-order valence-electron chi connectivity index (χ4n) is 3.30. The summed E-state index contributed by atoms with van der Waals surface area (Å²) in [5.74, 6) is 0. The van der Waals surface area contributed by atoms with Crippen molar-refractivity contribution in [2.45, 2.75) is 27.3 Å². The number of aromatic nitrogens is 2. The Morgan fingerprint density at radius 3 is 2.43 bits per heavy atom. The molecular weight excluding hydrogens is 282 g/mol. The second kappa shape index (κ2) is 6.29. The van der Waals surface area contributed by atoms with Gasteiger partial charge in [0.2, 0.25) is 6.33 Å². The van der Waals surface area contributed by atoms with E-state index < -0.39 is 0 Å². The molecule has 0 unspecified atom stereocenters. The molecule has 3 aromatic rings. The lowest BCUT2D eigenvalue weighted by Crippen LogP contribution is -2.32. The van der Waals surface area contributed by atoms with Gasteiger partial charge in [-0.2, -0.15) is 0 Å². The van der Waals surface area contributed by atoms with Crippen LogP contribution >= 0.6 is 0 Å². The highest BCUT2D eigenvalue weighted by Gasteiger charge is 2.13. The zero-order valence-electron chi connectivity index (χ0n) is 14.3. The highest BCUT2D eigenvalue weighted by Crippen LogP contribution is 2.20. The molecule has 1 heterocycles. The SMILES string of the molecule is CNc1ccccc1C[n+]1ccn(-c2c(C)cc(C)cc2C)c1. The van der Waals surface area contributed by atoms with E-state index in [1.807, 2.05) is 7.05 Å². The van der Waals surface area contributed by atoms with Crippen molar-refractivity contribution in [2.24, 2.45) is 0 Å². The van der Waals surface area contributed by atoms with Crippen molar-refractivity contribution >= 4 is 5.69 Å². The molecule has 0 spiro atoms. The lowest BCUT2D eigenvalue weighted by Gasteiger charge is -2.08. The monoisotopic (exact) mass is 306 g/mol. The summed E-state index contributed by atoms with van der Waals surface area (Å²) >= 11 is 0. The number of benzene rings is 2. The number of nitrogens with one attached hydrogen (secondary N) is 1. The third-order valence-electron chi connectivity index (χ3n) is 4.22. The smallest absolute Gasteiger partial charge is 0.249 e. The van der Waals surface area contributed by atoms with E-state index in [0.29, 0.717) is 0 Å². The summed E-state index contributed by atoms with van der Waals surface area (Å²) in [6.45, 7) is 7.36. The van der Waals surface area contributed by atoms with Crippen molar-refractivity contribution in [3.63, 3.8) is 0 Å². The van der Waals surface area contributed by atoms with Gasteiger partial charge in [-0.3, -0.25) is 0 Å². The predicted molar refractivity (Wildman–Crippen MR) is 95.3 cm³/mol. The maximum atomic E-state index is 3.26. The van der Waals surface area contributed by atoms with Crippen LogP contribution in [0.3, 0.4) is 0 Å². The highest BCUT2D eigenvalue weighted by atomic mass is 15.1. The first-order valence-electron chi connectivity index (χ1n) is 7.99. The van der Waals surface area contributed by atoms with Crippen LogP contribution in [0.5, 0.6) is 0 Å². The van der Waals surface area contributed by atoms with Crippen molar-refractivity contribution in [1.29, 1.82) is 0 Å². The van der Waals surface area contributed by atoms with Gasteiger partial charge in [-0.25, -0.2) is 9.13 Å². The molecule has 0 bridgehead atoms. The summed E-state index contributed by atoms with van der Waals surface area (Å²) in [4.78, 5) is 0. The van der Waals surface area contributed by atoms with Crippen LogP contribution in [0, 0.1) is 20.8 Å². The summed E-state index contributed by atoms with van der Waals surface area (Å²) in [5, 5.41) is 3.26. The van der Waals surface area contributed by atoms with Gasteiger partial charge < -0.3 is 5.32 Å². The second-order valence-electron chi connectivity index (χ2n) is 6.15. The molecule has 0 amide bonds. The van der Waals surface area contributed by atoms with E-state index in [-0.39, 0.29) is 0 Å². The Morgan fingerprint density at radius 2 is 1.74 bits per heavy atom. The van der Waals surface area contributed by atoms with Gasteiger partial charge in [0.05, 0.1) is 0 Å². The molecule has 1 N–H and O–H groups in total. The molecule has 0 saturated carbocycles. The van der Waals surface area contributed by atoms with Gasteiger partial charge in [0.15, 0.2) is 0 Å². The quantitative estimate of drug-likeness (QED) is 0.728. The Kier molecular flexibility index (Phi) is 4.20. The van der Waals surface area contributed by atoms with E-state index in [2.05, 4.69) is 90.3 Å². The minimum atomic E-state index is 0.855. The fraction of sp³-hybridized carbons (Fsp3) is 0.250. The molecule has 3 nitrogen and oxygen atoms in total. The molecule has 118 valence electrons. The minimum Gasteiger partial charge on any atom is -0.388 e. The number of aryl methyl sites for hydroxylation is 3. The van der Waals surface area contributed by atoms with Crippen LogP contribution in [-0.4, -0.2) is 11.6 Å². The molecule has 0 aliphatic rings. The van der Waals surface area contributed by atoms with Gasteiger partial charge in [0.25, 0.3) is 0 Å². The average Bonchev–Trinajstić information content (AvgIpc) is 2.95. The molecule has 0 saturated heterocycles. The van der Waals surface area contributed by atoms with Crippen molar-refractivity contribution in [2.75, 3.05) is 12.4 Å². The zero-order valence-corrected chi connectivity index (χ0v) is 14.3. The van der Waals surface area contributed by atoms with Gasteiger partial charge in [-0.15, -0.1) is 0 Å². The Hall–Kier alpha value is -2.55. The first kappa shape index (κ1) is 15.3. The van der Waals surface area contributed by atoms with Crippen molar-refractivity contribution in [3.8, 4) is 5.69 Å². The van der Waals surface area contributed by atoms with Crippen LogP contribution in [0.15, 0.2) is 55.1 Å². The molecule has 3 rings (SSSR count). The van der Waals surface area contributed by atoms with Crippen molar-refractivity contribution < 1.29 is 4.57 Å². The van der Waals surface area contributed by atoms with Crippen LogP contribution in [-0.2, 0) is 6.54 Å². The molecular formula is C20H24N3+. The van der Waals surface area contributed by atoms with Crippen LogP contribution in [0.4, 0.5) is 5.69 Å². The largest absolute Gasteiger partial charge is 0.388 e. The molecule has 3 heteroatoms. The third kappa shape index (κ3) is 3.14. The maximum Gasteiger partial charge on any atom is 0.249 e. The topological polar surface area (TPSA) is 20.8 Å². The zero-order chi connectivity index (χ0) is 16.4. The second-order valence-corrected chi connectivity index (χ2v) is 6.15. The Labute approximate surface area is 138 Å². The number of rotatable bonds is 4. The molecule has 0 radical (unpaired) electrons. The number of hydrogen-bond acceptors (Lipinski definition) is 1.